The smallest absolute Gasteiger partial charge is 0.339 e. The van der Waals surface area contributed by atoms with Gasteiger partial charge in [-0.2, -0.15) is 0 Å². The van der Waals surface area contributed by atoms with E-state index in [9.17, 15) is 9.59 Å². The lowest BCUT2D eigenvalue weighted by Crippen LogP contribution is -2.12. The molecule has 0 radical (unpaired) electrons. The van der Waals surface area contributed by atoms with Crippen LogP contribution >= 0.6 is 0 Å². The number of ether oxygens (including phenoxy) is 1. The number of Topliss-reactive ketones (excluding diaryl/α,β-unsaturated/α-hetero) is 1. The fourth-order valence-corrected chi connectivity index (χ4v) is 1.78. The normalized spacial score (nSPS) is 9.95. The summed E-state index contributed by atoms with van der Waals surface area (Å²) in [6.45, 7) is 1.19. The number of hydrogen-bond donors (Lipinski definition) is 0. The van der Waals surface area contributed by atoms with E-state index in [1.807, 2.05) is 42.5 Å². The van der Waals surface area contributed by atoms with Gasteiger partial charge in [0.25, 0.3) is 0 Å². The van der Waals surface area contributed by atoms with E-state index in [1.54, 1.807) is 12.1 Å². The Balaban J connectivity index is 2.31. The van der Waals surface area contributed by atoms with Crippen LogP contribution in [0.4, 0.5) is 0 Å². The molecule has 0 amide bonds. The Kier molecular flexibility index (Phi) is 4.08. The number of carbonyl (C=O) groups excluding carboxylic acids is 2. The lowest BCUT2D eigenvalue weighted by atomic mass is 10.00. The molecule has 19 heavy (non-hydrogen) atoms. The van der Waals surface area contributed by atoms with Crippen molar-refractivity contribution in [2.24, 2.45) is 0 Å². The second-order valence-electron chi connectivity index (χ2n) is 4.19. The molecule has 2 rings (SSSR count). The summed E-state index contributed by atoms with van der Waals surface area (Å²) < 4.78 is 4.96. The number of benzene rings is 2. The third-order valence-electron chi connectivity index (χ3n) is 2.64. The predicted molar refractivity (Wildman–Crippen MR) is 72.8 cm³/mol. The Labute approximate surface area is 111 Å². The van der Waals surface area contributed by atoms with Gasteiger partial charge in [0.2, 0.25) is 0 Å². The lowest BCUT2D eigenvalue weighted by molar-refractivity contribution is -0.120. The quantitative estimate of drug-likeness (QED) is 0.787. The summed E-state index contributed by atoms with van der Waals surface area (Å²) in [4.78, 5) is 22.8. The molecule has 0 aliphatic rings. The van der Waals surface area contributed by atoms with Gasteiger partial charge in [-0.15, -0.1) is 0 Å². The van der Waals surface area contributed by atoms with E-state index in [4.69, 9.17) is 4.74 Å². The van der Waals surface area contributed by atoms with Crippen molar-refractivity contribution in [2.75, 3.05) is 6.61 Å². The second kappa shape index (κ2) is 5.96. The minimum Gasteiger partial charge on any atom is -0.454 e. The summed E-state index contributed by atoms with van der Waals surface area (Å²) in [7, 11) is 0. The van der Waals surface area contributed by atoms with Crippen molar-refractivity contribution in [3.05, 3.63) is 60.2 Å². The fraction of sp³-hybridized carbons (Fsp3) is 0.125. The molecular weight excluding hydrogens is 240 g/mol. The maximum atomic E-state index is 12.0. The molecule has 96 valence electrons. The van der Waals surface area contributed by atoms with Crippen molar-refractivity contribution in [3.63, 3.8) is 0 Å². The summed E-state index contributed by atoms with van der Waals surface area (Å²) in [6, 6.07) is 16.8. The highest BCUT2D eigenvalue weighted by Crippen LogP contribution is 2.23. The first-order valence-corrected chi connectivity index (χ1v) is 5.99. The number of carbonyl (C=O) groups is 2. The van der Waals surface area contributed by atoms with E-state index in [0.717, 1.165) is 11.1 Å². The SMILES string of the molecule is CC(=O)COC(=O)c1ccccc1-c1ccccc1. The number of rotatable bonds is 4. The Hall–Kier alpha value is -2.42. The molecule has 0 fully saturated rings. The summed E-state index contributed by atoms with van der Waals surface area (Å²) in [6.07, 6.45) is 0. The van der Waals surface area contributed by atoms with E-state index >= 15 is 0 Å². The van der Waals surface area contributed by atoms with Gasteiger partial charge in [0, 0.05) is 0 Å². The van der Waals surface area contributed by atoms with Gasteiger partial charge in [-0.05, 0) is 24.1 Å². The zero-order chi connectivity index (χ0) is 13.7. The predicted octanol–water partition coefficient (Wildman–Crippen LogP) is 3.10. The zero-order valence-electron chi connectivity index (χ0n) is 10.6. The summed E-state index contributed by atoms with van der Waals surface area (Å²) in [5, 5.41) is 0. The molecule has 0 aromatic heterocycles. The standard InChI is InChI=1S/C16H14O3/c1-12(17)11-19-16(18)15-10-6-5-9-14(15)13-7-3-2-4-8-13/h2-10H,11H2,1H3. The van der Waals surface area contributed by atoms with Gasteiger partial charge in [-0.25, -0.2) is 4.79 Å². The molecule has 0 atom stereocenters. The number of ketones is 1. The molecule has 2 aromatic rings. The van der Waals surface area contributed by atoms with Crippen LogP contribution in [-0.4, -0.2) is 18.4 Å². The highest BCUT2D eigenvalue weighted by molar-refractivity contribution is 5.98. The van der Waals surface area contributed by atoms with Crippen LogP contribution in [0.15, 0.2) is 54.6 Å². The van der Waals surface area contributed by atoms with Gasteiger partial charge in [-0.3, -0.25) is 4.79 Å². The molecule has 0 saturated heterocycles. The molecule has 0 spiro atoms. The Bertz CT molecular complexity index is 588. The highest BCUT2D eigenvalue weighted by atomic mass is 16.5. The molecule has 2 aromatic carbocycles. The largest absolute Gasteiger partial charge is 0.454 e. The summed E-state index contributed by atoms with van der Waals surface area (Å²) in [5.74, 6) is -0.653. The number of hydrogen-bond acceptors (Lipinski definition) is 3. The van der Waals surface area contributed by atoms with Gasteiger partial charge in [-0.1, -0.05) is 48.5 Å². The van der Waals surface area contributed by atoms with Gasteiger partial charge in [0.1, 0.15) is 6.61 Å². The van der Waals surface area contributed by atoms with Gasteiger partial charge >= 0.3 is 5.97 Å². The fourth-order valence-electron chi connectivity index (χ4n) is 1.78. The average Bonchev–Trinajstić information content (AvgIpc) is 2.45. The Morgan fingerprint density at radius 1 is 0.947 bits per heavy atom. The van der Waals surface area contributed by atoms with Crippen LogP contribution in [0, 0.1) is 0 Å². The van der Waals surface area contributed by atoms with Crippen molar-refractivity contribution >= 4 is 11.8 Å². The van der Waals surface area contributed by atoms with Crippen LogP contribution in [0.2, 0.25) is 0 Å². The number of esters is 1. The van der Waals surface area contributed by atoms with Gasteiger partial charge in [0.15, 0.2) is 5.78 Å². The average molecular weight is 254 g/mol. The minimum atomic E-state index is -0.477. The molecule has 0 unspecified atom stereocenters. The molecular formula is C16H14O3. The lowest BCUT2D eigenvalue weighted by Gasteiger charge is -2.08. The van der Waals surface area contributed by atoms with Crippen molar-refractivity contribution in [3.8, 4) is 11.1 Å². The van der Waals surface area contributed by atoms with Crippen molar-refractivity contribution < 1.29 is 14.3 Å². The first kappa shape index (κ1) is 13.0. The van der Waals surface area contributed by atoms with Crippen molar-refractivity contribution in [1.29, 1.82) is 0 Å². The first-order chi connectivity index (χ1) is 9.18. The van der Waals surface area contributed by atoms with Crippen LogP contribution < -0.4 is 0 Å². The monoisotopic (exact) mass is 254 g/mol. The maximum absolute atomic E-state index is 12.0. The minimum absolute atomic E-state index is 0.175. The zero-order valence-corrected chi connectivity index (χ0v) is 10.6. The molecule has 3 nitrogen and oxygen atoms in total. The molecule has 0 aliphatic carbocycles. The summed E-state index contributed by atoms with van der Waals surface area (Å²) >= 11 is 0. The van der Waals surface area contributed by atoms with E-state index in [-0.39, 0.29) is 12.4 Å². The van der Waals surface area contributed by atoms with Crippen molar-refractivity contribution in [2.45, 2.75) is 6.92 Å². The highest BCUT2D eigenvalue weighted by Gasteiger charge is 2.13. The molecule has 0 heterocycles. The molecule has 0 aliphatic heterocycles. The van der Waals surface area contributed by atoms with E-state index in [2.05, 4.69) is 0 Å². The molecule has 0 bridgehead atoms. The summed E-state index contributed by atoms with van der Waals surface area (Å²) in [5.41, 5.74) is 2.21. The molecule has 0 N–H and O–H groups in total. The first-order valence-electron chi connectivity index (χ1n) is 5.99. The third-order valence-corrected chi connectivity index (χ3v) is 2.64. The Morgan fingerprint density at radius 3 is 2.26 bits per heavy atom. The van der Waals surface area contributed by atoms with Gasteiger partial charge in [0.05, 0.1) is 5.56 Å². The maximum Gasteiger partial charge on any atom is 0.339 e. The van der Waals surface area contributed by atoms with Crippen LogP contribution in [0.3, 0.4) is 0 Å². The second-order valence-corrected chi connectivity index (χ2v) is 4.19. The van der Waals surface area contributed by atoms with Crippen LogP contribution in [0.1, 0.15) is 17.3 Å². The van der Waals surface area contributed by atoms with Crippen LogP contribution in [0.5, 0.6) is 0 Å². The van der Waals surface area contributed by atoms with E-state index in [0.29, 0.717) is 5.56 Å². The molecule has 3 heteroatoms. The van der Waals surface area contributed by atoms with Gasteiger partial charge < -0.3 is 4.74 Å². The van der Waals surface area contributed by atoms with Crippen LogP contribution in [-0.2, 0) is 9.53 Å². The van der Waals surface area contributed by atoms with Crippen LogP contribution in [0.25, 0.3) is 11.1 Å². The topological polar surface area (TPSA) is 43.4 Å². The van der Waals surface area contributed by atoms with Crippen molar-refractivity contribution in [1.82, 2.24) is 0 Å². The third kappa shape index (κ3) is 3.28. The van der Waals surface area contributed by atoms with E-state index in [1.165, 1.54) is 6.92 Å². The Morgan fingerprint density at radius 2 is 1.58 bits per heavy atom. The van der Waals surface area contributed by atoms with E-state index < -0.39 is 5.97 Å². The molecule has 0 saturated carbocycles.